The molecule has 2 aliphatic heterocycles. The van der Waals surface area contributed by atoms with Gasteiger partial charge in [0.05, 0.1) is 37.8 Å². The van der Waals surface area contributed by atoms with Gasteiger partial charge in [0, 0.05) is 37.0 Å². The number of pyridine rings is 2. The Labute approximate surface area is 252 Å². The number of fused-ring (bicyclic) bond motifs is 6. The number of thiophene rings is 2. The van der Waals surface area contributed by atoms with Crippen molar-refractivity contribution in [1.82, 2.24) is 9.97 Å². The van der Waals surface area contributed by atoms with Crippen LogP contribution in [0.1, 0.15) is 62.5 Å². The second-order valence-corrected chi connectivity index (χ2v) is 13.8. The standard InChI is InChI=1S/C31H36N6O3S2/c32-23-21-17-5-1-3-7-19(17)28(36-9-13-39-14-10-36)34-30(21)41-26(23)25(38)27-24(33)22-18-6-2-4-8-20(18)29(35-31(22)42-27)37-11-15-40-16-12-37/h1-16,32-33H2. The van der Waals surface area contributed by atoms with E-state index >= 15 is 0 Å². The van der Waals surface area contributed by atoms with Crippen molar-refractivity contribution in [2.24, 2.45) is 0 Å². The van der Waals surface area contributed by atoms with E-state index in [1.54, 1.807) is 0 Å². The van der Waals surface area contributed by atoms with Crippen LogP contribution >= 0.6 is 22.7 Å². The van der Waals surface area contributed by atoms with E-state index in [-0.39, 0.29) is 5.78 Å². The largest absolute Gasteiger partial charge is 0.397 e. The minimum atomic E-state index is -0.106. The third-order valence-electron chi connectivity index (χ3n) is 9.38. The number of hydrogen-bond acceptors (Lipinski definition) is 11. The molecule has 11 heteroatoms. The van der Waals surface area contributed by atoms with Gasteiger partial charge in [-0.3, -0.25) is 4.79 Å². The second-order valence-electron chi connectivity index (χ2n) is 11.8. The highest BCUT2D eigenvalue weighted by atomic mass is 32.1. The fourth-order valence-electron chi connectivity index (χ4n) is 7.30. The summed E-state index contributed by atoms with van der Waals surface area (Å²) in [5, 5.41) is 1.94. The van der Waals surface area contributed by atoms with Crippen LogP contribution in [0.25, 0.3) is 20.4 Å². The Balaban J connectivity index is 1.25. The Morgan fingerprint density at radius 2 is 1.00 bits per heavy atom. The molecule has 8 rings (SSSR count). The maximum atomic E-state index is 14.3. The number of morpholine rings is 2. The predicted molar refractivity (Wildman–Crippen MR) is 171 cm³/mol. The Hall–Kier alpha value is -2.99. The molecular weight excluding hydrogens is 569 g/mol. The maximum Gasteiger partial charge on any atom is 0.217 e. The van der Waals surface area contributed by atoms with Crippen molar-refractivity contribution in [3.05, 3.63) is 32.0 Å². The van der Waals surface area contributed by atoms with Gasteiger partial charge in [0.25, 0.3) is 0 Å². The van der Waals surface area contributed by atoms with Gasteiger partial charge in [-0.25, -0.2) is 9.97 Å². The minimum Gasteiger partial charge on any atom is -0.397 e. The second kappa shape index (κ2) is 10.6. The van der Waals surface area contributed by atoms with Gasteiger partial charge < -0.3 is 30.7 Å². The average Bonchev–Trinajstić information content (AvgIpc) is 3.57. The highest BCUT2D eigenvalue weighted by molar-refractivity contribution is 7.24. The van der Waals surface area contributed by atoms with Crippen molar-refractivity contribution in [3.8, 4) is 0 Å². The third kappa shape index (κ3) is 4.19. The van der Waals surface area contributed by atoms with Crippen molar-refractivity contribution in [2.75, 3.05) is 73.9 Å². The first-order chi connectivity index (χ1) is 20.6. The Bertz CT molecular complexity index is 1590. The molecule has 2 saturated heterocycles. The molecule has 9 nitrogen and oxygen atoms in total. The van der Waals surface area contributed by atoms with E-state index in [2.05, 4.69) is 9.80 Å². The molecule has 0 atom stereocenters. The van der Waals surface area contributed by atoms with E-state index in [4.69, 9.17) is 30.9 Å². The van der Waals surface area contributed by atoms with Gasteiger partial charge in [0.1, 0.15) is 31.1 Å². The van der Waals surface area contributed by atoms with Crippen LogP contribution in [0, 0.1) is 0 Å². The number of ether oxygens (including phenoxy) is 2. The van der Waals surface area contributed by atoms with Crippen LogP contribution in [0.2, 0.25) is 0 Å². The molecule has 220 valence electrons. The lowest BCUT2D eigenvalue weighted by molar-refractivity contribution is 0.104. The predicted octanol–water partition coefficient (Wildman–Crippen LogP) is 4.73. The van der Waals surface area contributed by atoms with Crippen molar-refractivity contribution in [1.29, 1.82) is 0 Å². The lowest BCUT2D eigenvalue weighted by atomic mass is 9.89. The molecule has 6 heterocycles. The summed E-state index contributed by atoms with van der Waals surface area (Å²) in [5.41, 5.74) is 20.0. The first kappa shape index (κ1) is 26.6. The van der Waals surface area contributed by atoms with Crippen molar-refractivity contribution in [3.63, 3.8) is 0 Å². The highest BCUT2D eigenvalue weighted by Crippen LogP contribution is 2.46. The number of nitrogen functional groups attached to an aromatic ring is 2. The van der Waals surface area contributed by atoms with Gasteiger partial charge in [-0.2, -0.15) is 0 Å². The molecule has 0 spiro atoms. The van der Waals surface area contributed by atoms with Gasteiger partial charge in [-0.05, 0) is 73.6 Å². The number of aromatic nitrogens is 2. The summed E-state index contributed by atoms with van der Waals surface area (Å²) in [7, 11) is 0. The number of hydrogen-bond donors (Lipinski definition) is 2. The molecule has 0 radical (unpaired) electrons. The van der Waals surface area contributed by atoms with E-state index in [1.807, 2.05) is 0 Å². The van der Waals surface area contributed by atoms with E-state index in [9.17, 15) is 4.79 Å². The number of nitrogens with two attached hydrogens (primary N) is 2. The fourth-order valence-corrected chi connectivity index (χ4v) is 9.50. The summed E-state index contributed by atoms with van der Waals surface area (Å²) >= 11 is 2.83. The summed E-state index contributed by atoms with van der Waals surface area (Å²) in [6.45, 7) is 6.17. The van der Waals surface area contributed by atoms with Crippen LogP contribution in [0.4, 0.5) is 23.0 Å². The van der Waals surface area contributed by atoms with Crippen LogP contribution in [0.3, 0.4) is 0 Å². The molecule has 0 saturated carbocycles. The molecular formula is C31H36N6O3S2. The quantitative estimate of drug-likeness (QED) is 0.319. The summed E-state index contributed by atoms with van der Waals surface area (Å²) in [4.78, 5) is 32.1. The molecule has 0 aromatic carbocycles. The molecule has 0 amide bonds. The number of rotatable bonds is 4. The third-order valence-corrected chi connectivity index (χ3v) is 11.6. The Kier molecular flexibility index (Phi) is 6.73. The molecule has 4 aromatic heterocycles. The SMILES string of the molecule is Nc1c(C(=O)c2sc3nc(N4CCOCC4)c4c(c3c2N)CCCC4)sc2nc(N3CCOCC3)c3c(c12)CCCC3. The summed E-state index contributed by atoms with van der Waals surface area (Å²) in [6, 6.07) is 0. The molecule has 2 fully saturated rings. The number of aryl methyl sites for hydroxylation is 2. The van der Waals surface area contributed by atoms with Crippen LogP contribution in [-0.4, -0.2) is 68.4 Å². The monoisotopic (exact) mass is 604 g/mol. The average molecular weight is 605 g/mol. The Morgan fingerprint density at radius 1 is 0.619 bits per heavy atom. The molecule has 2 aliphatic carbocycles. The van der Waals surface area contributed by atoms with Crippen LogP contribution in [0.5, 0.6) is 0 Å². The molecule has 4 aromatic rings. The zero-order valence-electron chi connectivity index (χ0n) is 23.8. The van der Waals surface area contributed by atoms with E-state index in [0.717, 1.165) is 110 Å². The topological polar surface area (TPSA) is 120 Å². The molecule has 4 aliphatic rings. The zero-order valence-corrected chi connectivity index (χ0v) is 25.4. The lowest BCUT2D eigenvalue weighted by Crippen LogP contribution is -2.37. The van der Waals surface area contributed by atoms with E-state index in [0.29, 0.717) is 47.6 Å². The van der Waals surface area contributed by atoms with E-state index in [1.165, 1.54) is 44.9 Å². The summed E-state index contributed by atoms with van der Waals surface area (Å²) in [6.07, 6.45) is 8.46. The number of nitrogens with zero attached hydrogens (tertiary/aromatic N) is 4. The highest BCUT2D eigenvalue weighted by Gasteiger charge is 2.32. The van der Waals surface area contributed by atoms with Gasteiger partial charge in [-0.1, -0.05) is 0 Å². The normalized spacial score (nSPS) is 19.3. The number of ketones is 1. The smallest absolute Gasteiger partial charge is 0.217 e. The van der Waals surface area contributed by atoms with Gasteiger partial charge in [0.15, 0.2) is 0 Å². The van der Waals surface area contributed by atoms with Crippen LogP contribution < -0.4 is 21.3 Å². The molecule has 42 heavy (non-hydrogen) atoms. The molecule has 0 unspecified atom stereocenters. The lowest BCUT2D eigenvalue weighted by Gasteiger charge is -2.31. The van der Waals surface area contributed by atoms with Crippen molar-refractivity contribution in [2.45, 2.75) is 51.4 Å². The molecule has 4 N–H and O–H groups in total. The summed E-state index contributed by atoms with van der Waals surface area (Å²) < 4.78 is 11.2. The summed E-state index contributed by atoms with van der Waals surface area (Å²) in [5.74, 6) is 1.99. The van der Waals surface area contributed by atoms with E-state index < -0.39 is 0 Å². The first-order valence-corrected chi connectivity index (χ1v) is 16.9. The van der Waals surface area contributed by atoms with Gasteiger partial charge in [-0.15, -0.1) is 22.7 Å². The fraction of sp³-hybridized carbons (Fsp3) is 0.516. The minimum absolute atomic E-state index is 0.106. The zero-order chi connectivity index (χ0) is 28.4. The number of anilines is 4. The van der Waals surface area contributed by atoms with Crippen molar-refractivity contribution < 1.29 is 14.3 Å². The Morgan fingerprint density at radius 3 is 1.40 bits per heavy atom. The van der Waals surface area contributed by atoms with Gasteiger partial charge in [0.2, 0.25) is 5.78 Å². The van der Waals surface area contributed by atoms with Crippen LogP contribution in [0.15, 0.2) is 0 Å². The first-order valence-electron chi connectivity index (χ1n) is 15.3. The number of carbonyl (C=O) groups is 1. The maximum absolute atomic E-state index is 14.3. The van der Waals surface area contributed by atoms with Crippen LogP contribution in [-0.2, 0) is 35.2 Å². The molecule has 0 bridgehead atoms. The number of carbonyl (C=O) groups excluding carboxylic acids is 1. The van der Waals surface area contributed by atoms with Gasteiger partial charge >= 0.3 is 0 Å². The van der Waals surface area contributed by atoms with Crippen molar-refractivity contribution >= 4 is 71.9 Å².